The molecule has 0 spiro atoms. The van der Waals surface area contributed by atoms with E-state index in [1.807, 2.05) is 6.92 Å². The molecule has 0 saturated heterocycles. The molecule has 0 atom stereocenters. The summed E-state index contributed by atoms with van der Waals surface area (Å²) in [6, 6.07) is 16.9. The van der Waals surface area contributed by atoms with Gasteiger partial charge in [-0.25, -0.2) is 4.98 Å². The van der Waals surface area contributed by atoms with Crippen molar-refractivity contribution in [2.24, 2.45) is 5.92 Å². The molecule has 0 fully saturated rings. The molecule has 3 rings (SSSR count). The summed E-state index contributed by atoms with van der Waals surface area (Å²) in [5.74, 6) is 2.55. The average Bonchev–Trinajstić information content (AvgIpc) is 3.12. The maximum absolute atomic E-state index is 6.82. The van der Waals surface area contributed by atoms with Crippen LogP contribution in [0.25, 0.3) is 11.4 Å². The minimum Gasteiger partial charge on any atom is -0.494 e. The van der Waals surface area contributed by atoms with Crippen molar-refractivity contribution in [3.8, 4) is 17.1 Å². The van der Waals surface area contributed by atoms with Gasteiger partial charge in [0, 0.05) is 25.2 Å². The van der Waals surface area contributed by atoms with E-state index >= 15 is 0 Å². The van der Waals surface area contributed by atoms with Crippen LogP contribution in [0.5, 0.6) is 5.75 Å². The van der Waals surface area contributed by atoms with E-state index < -0.39 is 0 Å². The molecular weight excluding hydrogens is 442 g/mol. The average molecular weight is 482 g/mol. The lowest BCUT2D eigenvalue weighted by Crippen LogP contribution is -2.26. The van der Waals surface area contributed by atoms with Crippen molar-refractivity contribution < 1.29 is 4.74 Å². The van der Waals surface area contributed by atoms with E-state index in [4.69, 9.17) is 21.3 Å². The van der Waals surface area contributed by atoms with E-state index in [1.54, 1.807) is 0 Å². The van der Waals surface area contributed by atoms with Crippen LogP contribution in [-0.2, 0) is 19.6 Å². The highest BCUT2D eigenvalue weighted by molar-refractivity contribution is 6.30. The molecule has 3 aromatic rings. The maximum Gasteiger partial charge on any atom is 0.152 e. The number of rotatable bonds is 13. The summed E-state index contributed by atoms with van der Waals surface area (Å²) in [6.07, 6.45) is 3.37. The molecule has 2 aromatic carbocycles. The third kappa shape index (κ3) is 7.10. The Bertz CT molecular complexity index is 1030. The number of hydrogen-bond acceptors (Lipinski definition) is 3. The largest absolute Gasteiger partial charge is 0.494 e. The zero-order valence-electron chi connectivity index (χ0n) is 21.5. The zero-order valence-corrected chi connectivity index (χ0v) is 22.2. The Morgan fingerprint density at radius 3 is 2.41 bits per heavy atom. The lowest BCUT2D eigenvalue weighted by Gasteiger charge is -2.25. The van der Waals surface area contributed by atoms with Gasteiger partial charge in [-0.2, -0.15) is 0 Å². The van der Waals surface area contributed by atoms with E-state index in [0.717, 1.165) is 68.3 Å². The molecule has 1 heterocycles. The highest BCUT2D eigenvalue weighted by atomic mass is 35.5. The van der Waals surface area contributed by atoms with Crippen LogP contribution in [0, 0.1) is 12.8 Å². The van der Waals surface area contributed by atoms with Gasteiger partial charge in [-0.1, -0.05) is 75.2 Å². The van der Waals surface area contributed by atoms with Crippen molar-refractivity contribution in [2.45, 2.75) is 73.5 Å². The lowest BCUT2D eigenvalue weighted by molar-refractivity contribution is 0.235. The fraction of sp³-hybridized carbons (Fsp3) is 0.483. The summed E-state index contributed by atoms with van der Waals surface area (Å²) in [7, 11) is 0. The molecule has 1 aromatic heterocycles. The van der Waals surface area contributed by atoms with Gasteiger partial charge in [-0.3, -0.25) is 4.90 Å². The summed E-state index contributed by atoms with van der Waals surface area (Å²) >= 11 is 6.82. The first-order chi connectivity index (χ1) is 16.4. The van der Waals surface area contributed by atoms with Crippen LogP contribution in [0.2, 0.25) is 5.15 Å². The lowest BCUT2D eigenvalue weighted by atomic mass is 10.1. The van der Waals surface area contributed by atoms with Crippen molar-refractivity contribution in [1.29, 1.82) is 0 Å². The second-order valence-corrected chi connectivity index (χ2v) is 9.82. The Kier molecular flexibility index (Phi) is 10.0. The number of aryl methyl sites for hydroxylation is 1. The molecule has 4 nitrogen and oxygen atoms in total. The summed E-state index contributed by atoms with van der Waals surface area (Å²) in [5.41, 5.74) is 4.77. The van der Waals surface area contributed by atoms with Gasteiger partial charge in [-0.05, 0) is 62.4 Å². The molecule has 0 unspecified atom stereocenters. The van der Waals surface area contributed by atoms with Crippen LogP contribution in [0.1, 0.15) is 63.8 Å². The number of imidazole rings is 1. The third-order valence-corrected chi connectivity index (χ3v) is 6.48. The highest BCUT2D eigenvalue weighted by Gasteiger charge is 2.21. The number of benzene rings is 2. The number of nitrogens with zero attached hydrogens (tertiary/aromatic N) is 3. The van der Waals surface area contributed by atoms with E-state index in [9.17, 15) is 0 Å². The van der Waals surface area contributed by atoms with Gasteiger partial charge < -0.3 is 9.30 Å². The van der Waals surface area contributed by atoms with Crippen LogP contribution in [0.3, 0.4) is 0 Å². The van der Waals surface area contributed by atoms with Crippen LogP contribution in [-0.4, -0.2) is 27.6 Å². The molecule has 0 amide bonds. The topological polar surface area (TPSA) is 30.3 Å². The molecule has 0 bridgehead atoms. The number of hydrogen-bond donors (Lipinski definition) is 0. The van der Waals surface area contributed by atoms with Gasteiger partial charge in [0.05, 0.1) is 12.3 Å². The van der Waals surface area contributed by atoms with E-state index in [0.29, 0.717) is 17.7 Å². The van der Waals surface area contributed by atoms with E-state index in [1.165, 1.54) is 11.1 Å². The summed E-state index contributed by atoms with van der Waals surface area (Å²) < 4.78 is 7.98. The zero-order chi connectivity index (χ0) is 24.5. The van der Waals surface area contributed by atoms with Crippen molar-refractivity contribution >= 4 is 11.6 Å². The third-order valence-electron chi connectivity index (χ3n) is 6.18. The van der Waals surface area contributed by atoms with Gasteiger partial charge >= 0.3 is 0 Å². The van der Waals surface area contributed by atoms with Crippen molar-refractivity contribution in [1.82, 2.24) is 14.5 Å². The molecule has 0 aliphatic heterocycles. The molecule has 5 heteroatoms. The first-order valence-electron chi connectivity index (χ1n) is 12.7. The minimum absolute atomic E-state index is 0.621. The Labute approximate surface area is 210 Å². The molecule has 0 aliphatic carbocycles. The second-order valence-electron chi connectivity index (χ2n) is 9.46. The van der Waals surface area contributed by atoms with E-state index in [2.05, 4.69) is 85.7 Å². The first-order valence-corrected chi connectivity index (χ1v) is 13.1. The maximum atomic E-state index is 6.82. The van der Waals surface area contributed by atoms with Crippen LogP contribution in [0.4, 0.5) is 0 Å². The Hall–Kier alpha value is -2.30. The summed E-state index contributed by atoms with van der Waals surface area (Å²) in [6.45, 7) is 15.2. The van der Waals surface area contributed by atoms with Gasteiger partial charge in [0.15, 0.2) is 5.15 Å². The number of halogens is 1. The number of aromatic nitrogens is 2. The van der Waals surface area contributed by atoms with Gasteiger partial charge in [0.25, 0.3) is 0 Å². The Morgan fingerprint density at radius 1 is 1.03 bits per heavy atom. The molecular formula is C29H40ClN3O. The predicted molar refractivity (Wildman–Crippen MR) is 143 cm³/mol. The van der Waals surface area contributed by atoms with Gasteiger partial charge in [0.2, 0.25) is 0 Å². The van der Waals surface area contributed by atoms with Crippen LogP contribution in [0.15, 0.2) is 48.5 Å². The highest BCUT2D eigenvalue weighted by Crippen LogP contribution is 2.30. The smallest absolute Gasteiger partial charge is 0.152 e. The molecule has 0 aliphatic rings. The minimum atomic E-state index is 0.621. The first kappa shape index (κ1) is 26.3. The fourth-order valence-corrected chi connectivity index (χ4v) is 4.42. The molecule has 0 N–H and O–H groups in total. The monoisotopic (exact) mass is 481 g/mol. The molecule has 184 valence electrons. The SMILES string of the molecule is CCCCn1c(-c2ccccc2C)nc(Cl)c1CN(CCC(C)C)Cc1ccc(OCC)cc1. The summed E-state index contributed by atoms with van der Waals surface area (Å²) in [5, 5.41) is 0.621. The van der Waals surface area contributed by atoms with Crippen molar-refractivity contribution in [3.63, 3.8) is 0 Å². The van der Waals surface area contributed by atoms with Crippen molar-refractivity contribution in [3.05, 3.63) is 70.5 Å². The molecule has 34 heavy (non-hydrogen) atoms. The van der Waals surface area contributed by atoms with Crippen LogP contribution >= 0.6 is 11.6 Å². The standard InChI is InChI=1S/C29H40ClN3O/c1-6-8-18-33-27(28(30)31-29(33)26-12-10-9-11-23(26)5)21-32(19-17-22(3)4)20-24-13-15-25(16-14-24)34-7-2/h9-16,22H,6-8,17-21H2,1-5H3. The van der Waals surface area contributed by atoms with Crippen LogP contribution < -0.4 is 4.74 Å². The van der Waals surface area contributed by atoms with Crippen molar-refractivity contribution in [2.75, 3.05) is 13.2 Å². The van der Waals surface area contributed by atoms with Gasteiger partial charge in [-0.15, -0.1) is 0 Å². The molecule has 0 saturated carbocycles. The Balaban J connectivity index is 1.91. The fourth-order valence-electron chi connectivity index (χ4n) is 4.18. The Morgan fingerprint density at radius 2 is 1.76 bits per heavy atom. The predicted octanol–water partition coefficient (Wildman–Crippen LogP) is 7.76. The number of ether oxygens (including phenoxy) is 1. The summed E-state index contributed by atoms with van der Waals surface area (Å²) in [4.78, 5) is 7.37. The second kappa shape index (κ2) is 13.0. The van der Waals surface area contributed by atoms with E-state index in [-0.39, 0.29) is 0 Å². The van der Waals surface area contributed by atoms with Gasteiger partial charge in [0.1, 0.15) is 11.6 Å². The normalized spacial score (nSPS) is 11.5. The number of unbranched alkanes of at least 4 members (excludes halogenated alkanes) is 1. The quantitative estimate of drug-likeness (QED) is 0.250. The molecule has 0 radical (unpaired) electrons.